The van der Waals surface area contributed by atoms with Crippen LogP contribution in [0.1, 0.15) is 28.8 Å². The number of hydrogen-bond acceptors (Lipinski definition) is 10. The minimum atomic E-state index is -3.00. The maximum absolute atomic E-state index is 14.2. The van der Waals surface area contributed by atoms with Gasteiger partial charge in [0.2, 0.25) is 5.91 Å². The van der Waals surface area contributed by atoms with Gasteiger partial charge in [-0.1, -0.05) is 31.2 Å². The SMILES string of the molecule is CNC(=O)C1C(=O)[C@@H](N(C)C)[C@@H]2[C@@H](O)[C@H]3C(C(=O)c4c(ccc(-c5cc6ccccc6o5)c4O)[C@@H]3C)C(=O)[C@]2(O)C1=O. The maximum Gasteiger partial charge on any atom is 0.238 e. The summed E-state index contributed by atoms with van der Waals surface area (Å²) in [6, 6.07) is 10.7. The van der Waals surface area contributed by atoms with E-state index in [2.05, 4.69) is 5.32 Å². The first-order chi connectivity index (χ1) is 19.9. The molecule has 0 bridgehead atoms. The zero-order valence-electron chi connectivity index (χ0n) is 23.3. The molecule has 0 saturated heterocycles. The van der Waals surface area contributed by atoms with Gasteiger partial charge in [-0.2, -0.15) is 0 Å². The lowest BCUT2D eigenvalue weighted by atomic mass is 9.49. The fourth-order valence-corrected chi connectivity index (χ4v) is 7.43. The molecule has 1 heterocycles. The first kappa shape index (κ1) is 28.0. The van der Waals surface area contributed by atoms with Crippen molar-refractivity contribution in [1.82, 2.24) is 10.2 Å². The molecule has 0 spiro atoms. The van der Waals surface area contributed by atoms with E-state index in [0.29, 0.717) is 11.1 Å². The number of para-hydroxylation sites is 1. The molecule has 1 amide bonds. The van der Waals surface area contributed by atoms with E-state index < -0.39 is 82.1 Å². The predicted octanol–water partition coefficient (Wildman–Crippen LogP) is 1.07. The van der Waals surface area contributed by atoms with E-state index in [-0.39, 0.29) is 16.9 Å². The number of hydrogen-bond donors (Lipinski definition) is 4. The Morgan fingerprint density at radius 2 is 1.74 bits per heavy atom. The molecule has 3 aromatic rings. The molecule has 4 N–H and O–H groups in total. The zero-order chi connectivity index (χ0) is 30.4. The molecule has 11 nitrogen and oxygen atoms in total. The van der Waals surface area contributed by atoms with Crippen molar-refractivity contribution < 1.29 is 43.7 Å². The number of likely N-dealkylation sites (N-methyl/N-ethyl adjacent to an activating group) is 1. The van der Waals surface area contributed by atoms with Crippen molar-refractivity contribution in [1.29, 1.82) is 0 Å². The van der Waals surface area contributed by atoms with Gasteiger partial charge < -0.3 is 25.1 Å². The molecule has 8 atom stereocenters. The lowest BCUT2D eigenvalue weighted by Gasteiger charge is -2.56. The van der Waals surface area contributed by atoms with Gasteiger partial charge in [-0.3, -0.25) is 28.9 Å². The number of amides is 1. The molecule has 0 aliphatic heterocycles. The standard InChI is InChI=1S/C31H30N2O9/c1-12-14-9-10-15(17-11-13-7-5-6-8-16(13)42-17)24(34)19(14)25(35)20-18(12)26(36)22-23(33(3)4)27(37)21(30(40)32-2)29(39)31(22,41)28(20)38/h5-12,18,20-23,26,34,36,41H,1-4H3,(H,32,40)/t12-,18+,20?,21?,22+,23-,26-,31-/m0/s1. The topological polar surface area (TPSA) is 174 Å². The highest BCUT2D eigenvalue weighted by molar-refractivity contribution is 6.32. The lowest BCUT2D eigenvalue weighted by molar-refractivity contribution is -0.197. The summed E-state index contributed by atoms with van der Waals surface area (Å²) in [5.41, 5.74) is -2.03. The van der Waals surface area contributed by atoms with Gasteiger partial charge in [0.05, 0.1) is 35.1 Å². The van der Waals surface area contributed by atoms with Crippen LogP contribution in [0, 0.1) is 23.7 Å². The number of nitrogens with zero attached hydrogens (tertiary/aromatic N) is 1. The number of carbonyl (C=O) groups excluding carboxylic acids is 5. The summed E-state index contributed by atoms with van der Waals surface area (Å²) in [6.07, 6.45) is -1.66. The third-order valence-corrected chi connectivity index (χ3v) is 9.40. The largest absolute Gasteiger partial charge is 0.506 e. The van der Waals surface area contributed by atoms with E-state index in [1.807, 2.05) is 12.1 Å². The second kappa shape index (κ2) is 9.41. The summed E-state index contributed by atoms with van der Waals surface area (Å²) < 4.78 is 5.89. The maximum atomic E-state index is 14.2. The molecule has 218 valence electrons. The third-order valence-electron chi connectivity index (χ3n) is 9.40. The summed E-state index contributed by atoms with van der Waals surface area (Å²) in [7, 11) is 4.17. The Labute approximate surface area is 240 Å². The molecule has 2 saturated carbocycles. The summed E-state index contributed by atoms with van der Waals surface area (Å²) in [4.78, 5) is 69.4. The van der Waals surface area contributed by atoms with Crippen LogP contribution < -0.4 is 5.32 Å². The predicted molar refractivity (Wildman–Crippen MR) is 148 cm³/mol. The Kier molecular flexibility index (Phi) is 6.27. The van der Waals surface area contributed by atoms with Crippen LogP contribution in [-0.2, 0) is 19.2 Å². The van der Waals surface area contributed by atoms with Gasteiger partial charge >= 0.3 is 0 Å². The summed E-state index contributed by atoms with van der Waals surface area (Å²) in [5.74, 6) is -12.6. The third kappa shape index (κ3) is 3.47. The van der Waals surface area contributed by atoms with E-state index in [9.17, 15) is 39.3 Å². The molecular formula is C31H30N2O9. The van der Waals surface area contributed by atoms with Crippen LogP contribution in [0.15, 0.2) is 46.9 Å². The highest BCUT2D eigenvalue weighted by Gasteiger charge is 2.73. The molecule has 0 radical (unpaired) electrons. The minimum absolute atomic E-state index is 0.171. The van der Waals surface area contributed by atoms with Crippen molar-refractivity contribution in [3.63, 3.8) is 0 Å². The van der Waals surface area contributed by atoms with Crippen molar-refractivity contribution in [2.75, 3.05) is 21.1 Å². The van der Waals surface area contributed by atoms with E-state index in [0.717, 1.165) is 5.39 Å². The van der Waals surface area contributed by atoms with Gasteiger partial charge in [0.1, 0.15) is 17.1 Å². The number of aromatic hydroxyl groups is 1. The molecule has 3 aliphatic carbocycles. The van der Waals surface area contributed by atoms with Crippen LogP contribution in [0.3, 0.4) is 0 Å². The molecule has 3 aliphatic rings. The number of benzene rings is 2. The van der Waals surface area contributed by atoms with E-state index >= 15 is 0 Å². The number of aliphatic hydroxyl groups excluding tert-OH is 1. The van der Waals surface area contributed by atoms with E-state index in [4.69, 9.17) is 4.42 Å². The van der Waals surface area contributed by atoms with Crippen LogP contribution in [0.2, 0.25) is 0 Å². The second-order valence-electron chi connectivity index (χ2n) is 11.7. The van der Waals surface area contributed by atoms with E-state index in [1.165, 1.54) is 26.0 Å². The fourth-order valence-electron chi connectivity index (χ4n) is 7.43. The summed E-state index contributed by atoms with van der Waals surface area (Å²) in [6.45, 7) is 1.68. The Morgan fingerprint density at radius 3 is 2.38 bits per heavy atom. The number of ketones is 4. The van der Waals surface area contributed by atoms with Crippen LogP contribution >= 0.6 is 0 Å². The van der Waals surface area contributed by atoms with Gasteiger partial charge in [-0.25, -0.2) is 0 Å². The second-order valence-corrected chi connectivity index (χ2v) is 11.7. The Balaban J connectivity index is 1.51. The van der Waals surface area contributed by atoms with Gasteiger partial charge in [0.15, 0.2) is 34.7 Å². The smallest absolute Gasteiger partial charge is 0.238 e. The van der Waals surface area contributed by atoms with Crippen LogP contribution in [0.5, 0.6) is 5.75 Å². The summed E-state index contributed by atoms with van der Waals surface area (Å²) >= 11 is 0. The number of nitrogens with one attached hydrogen (secondary N) is 1. The van der Waals surface area contributed by atoms with Crippen molar-refractivity contribution in [2.24, 2.45) is 23.7 Å². The molecular weight excluding hydrogens is 544 g/mol. The van der Waals surface area contributed by atoms with Crippen LogP contribution in [0.25, 0.3) is 22.3 Å². The van der Waals surface area contributed by atoms with Gasteiger partial charge in [0.25, 0.3) is 0 Å². The van der Waals surface area contributed by atoms with Gasteiger partial charge in [-0.05, 0) is 43.8 Å². The molecule has 11 heteroatoms. The average molecular weight is 575 g/mol. The zero-order valence-corrected chi connectivity index (χ0v) is 23.3. The van der Waals surface area contributed by atoms with Gasteiger partial charge in [0, 0.05) is 18.4 Å². The molecule has 2 aromatic carbocycles. The number of Topliss-reactive ketones (excluding diaryl/α,β-unsaturated/α-hetero) is 4. The number of aliphatic hydroxyl groups is 2. The number of phenolic OH excluding ortho intramolecular Hbond substituents is 1. The molecule has 6 rings (SSSR count). The highest BCUT2D eigenvalue weighted by atomic mass is 16.3. The Morgan fingerprint density at radius 1 is 1.05 bits per heavy atom. The van der Waals surface area contributed by atoms with Crippen molar-refractivity contribution in [3.8, 4) is 17.1 Å². The Hall–Kier alpha value is -4.19. The normalized spacial score (nSPS) is 32.5. The number of furan rings is 1. The number of rotatable bonds is 3. The summed E-state index contributed by atoms with van der Waals surface area (Å²) in [5, 5.41) is 38.0. The van der Waals surface area contributed by atoms with Crippen molar-refractivity contribution in [3.05, 3.63) is 53.6 Å². The van der Waals surface area contributed by atoms with Crippen LogP contribution in [0.4, 0.5) is 0 Å². The Bertz CT molecular complexity index is 1670. The van der Waals surface area contributed by atoms with Crippen molar-refractivity contribution >= 4 is 40.0 Å². The molecule has 2 unspecified atom stereocenters. The number of carbonyl (C=O) groups is 5. The fraction of sp³-hybridized carbons (Fsp3) is 0.387. The monoisotopic (exact) mass is 574 g/mol. The lowest BCUT2D eigenvalue weighted by Crippen LogP contribution is -2.77. The first-order valence-corrected chi connectivity index (χ1v) is 13.7. The van der Waals surface area contributed by atoms with Gasteiger partial charge in [-0.15, -0.1) is 0 Å². The molecule has 42 heavy (non-hydrogen) atoms. The highest BCUT2D eigenvalue weighted by Crippen LogP contribution is 2.55. The van der Waals surface area contributed by atoms with Crippen LogP contribution in [-0.4, -0.2) is 88.1 Å². The van der Waals surface area contributed by atoms with Crippen molar-refractivity contribution in [2.45, 2.75) is 30.6 Å². The minimum Gasteiger partial charge on any atom is -0.506 e. The van der Waals surface area contributed by atoms with E-state index in [1.54, 1.807) is 37.3 Å². The molecule has 2 fully saturated rings. The first-order valence-electron chi connectivity index (χ1n) is 13.7. The quantitative estimate of drug-likeness (QED) is 0.331. The average Bonchev–Trinajstić information content (AvgIpc) is 3.38. The number of phenols is 1. The number of fused-ring (bicyclic) bond motifs is 4. The molecule has 1 aromatic heterocycles.